The minimum atomic E-state index is 0. The first-order chi connectivity index (χ1) is 1.91. The molecule has 0 rings (SSSR count). The Hall–Kier alpha value is 0.514. The number of hydrogen-bond acceptors (Lipinski definition) is 1. The Morgan fingerprint density at radius 2 is 2.00 bits per heavy atom. The van der Waals surface area contributed by atoms with Crippen LogP contribution in [0.15, 0.2) is 6.58 Å². The molecule has 1 nitrogen and oxygen atoms in total. The van der Waals surface area contributed by atoms with Crippen molar-refractivity contribution in [3.05, 3.63) is 12.7 Å². The van der Waals surface area contributed by atoms with E-state index in [2.05, 4.69) is 6.58 Å². The van der Waals surface area contributed by atoms with E-state index in [1.807, 2.05) is 6.08 Å². The molecule has 5 heavy (non-hydrogen) atoms. The van der Waals surface area contributed by atoms with Crippen LogP contribution in [-0.4, -0.2) is 6.29 Å². The molecular formula is C3H3OY-. The molecule has 0 bridgehead atoms. The van der Waals surface area contributed by atoms with Crippen LogP contribution in [0.25, 0.3) is 0 Å². The standard InChI is InChI=1S/C3H3O.Y/c1-2-3-4;/h3H,1H2;/q-1;. The summed E-state index contributed by atoms with van der Waals surface area (Å²) in [5.74, 6) is 0. The maximum Gasteiger partial charge on any atom is 0 e. The summed E-state index contributed by atoms with van der Waals surface area (Å²) in [5, 5.41) is 0. The van der Waals surface area contributed by atoms with E-state index in [0.717, 1.165) is 0 Å². The maximum absolute atomic E-state index is 9.00. The third kappa shape index (κ3) is 12.4. The van der Waals surface area contributed by atoms with Crippen molar-refractivity contribution in [3.63, 3.8) is 0 Å². The average Bonchev–Trinajstić information content (AvgIpc) is 1.37. The summed E-state index contributed by atoms with van der Waals surface area (Å²) in [6, 6.07) is 0. The second-order valence-corrected chi connectivity index (χ2v) is 0.322. The third-order valence-electron chi connectivity index (χ3n) is 0.0833. The van der Waals surface area contributed by atoms with Crippen LogP contribution in [0, 0.1) is 6.08 Å². The van der Waals surface area contributed by atoms with Crippen molar-refractivity contribution < 1.29 is 37.5 Å². The molecule has 0 aliphatic heterocycles. The normalized spacial score (nSPS) is 4.00. The molecule has 0 fully saturated rings. The predicted octanol–water partition coefficient (Wildman–Crippen LogP) is 0.172. The van der Waals surface area contributed by atoms with Crippen LogP contribution in [0.3, 0.4) is 0 Å². The first-order valence-corrected chi connectivity index (χ1v) is 0.878. The molecule has 0 N–H and O–H groups in total. The molecule has 2 heteroatoms. The third-order valence-corrected chi connectivity index (χ3v) is 0.0833. The number of rotatable bonds is 1. The van der Waals surface area contributed by atoms with Crippen LogP contribution in [0.5, 0.6) is 0 Å². The fraction of sp³-hybridized carbons (Fsp3) is 0. The molecule has 0 aliphatic rings. The van der Waals surface area contributed by atoms with Crippen LogP contribution in [0.2, 0.25) is 0 Å². The molecule has 0 aromatic heterocycles. The van der Waals surface area contributed by atoms with E-state index < -0.39 is 0 Å². The predicted molar refractivity (Wildman–Crippen MR) is 14.9 cm³/mol. The molecule has 0 aliphatic carbocycles. The number of hydrogen-bond donors (Lipinski definition) is 0. The molecule has 0 aromatic carbocycles. The Kier molecular flexibility index (Phi) is 16.0. The van der Waals surface area contributed by atoms with Crippen LogP contribution < -0.4 is 0 Å². The summed E-state index contributed by atoms with van der Waals surface area (Å²) >= 11 is 0. The van der Waals surface area contributed by atoms with Gasteiger partial charge in [0.15, 0.2) is 0 Å². The van der Waals surface area contributed by atoms with E-state index in [1.165, 1.54) is 0 Å². The van der Waals surface area contributed by atoms with Gasteiger partial charge < -0.3 is 10.9 Å². The molecule has 0 atom stereocenters. The van der Waals surface area contributed by atoms with Gasteiger partial charge in [-0.15, -0.1) is 0 Å². The van der Waals surface area contributed by atoms with Gasteiger partial charge >= 0.3 is 0 Å². The minimum absolute atomic E-state index is 0. The monoisotopic (exact) mass is 144 g/mol. The van der Waals surface area contributed by atoms with Gasteiger partial charge in [-0.3, -0.25) is 6.58 Å². The fourth-order valence-electron chi connectivity index (χ4n) is 0. The quantitative estimate of drug-likeness (QED) is 0.291. The first kappa shape index (κ1) is 9.10. The number of allylic oxidation sites excluding steroid dienone is 1. The van der Waals surface area contributed by atoms with Gasteiger partial charge in [-0.05, 0) is 6.29 Å². The summed E-state index contributed by atoms with van der Waals surface area (Å²) in [6.45, 7) is 2.99. The second-order valence-electron chi connectivity index (χ2n) is 0.322. The van der Waals surface area contributed by atoms with Gasteiger partial charge in [0.1, 0.15) is 0 Å². The van der Waals surface area contributed by atoms with E-state index in [4.69, 9.17) is 4.79 Å². The maximum atomic E-state index is 9.00. The zero-order valence-electron chi connectivity index (χ0n) is 2.77. The van der Waals surface area contributed by atoms with E-state index in [0.29, 0.717) is 6.29 Å². The van der Waals surface area contributed by atoms with Crippen molar-refractivity contribution >= 4 is 6.29 Å². The van der Waals surface area contributed by atoms with Crippen LogP contribution >= 0.6 is 0 Å². The molecule has 1 radical (unpaired) electrons. The summed E-state index contributed by atoms with van der Waals surface area (Å²) in [6.07, 6.45) is 2.51. The van der Waals surface area contributed by atoms with Crippen LogP contribution in [0.4, 0.5) is 0 Å². The molecule has 0 unspecified atom stereocenters. The van der Waals surface area contributed by atoms with Gasteiger partial charge in [-0.2, -0.15) is 0 Å². The van der Waals surface area contributed by atoms with E-state index >= 15 is 0 Å². The Bertz CT molecular complexity index is 27.9. The van der Waals surface area contributed by atoms with Crippen molar-refractivity contribution in [1.82, 2.24) is 0 Å². The van der Waals surface area contributed by atoms with E-state index in [9.17, 15) is 0 Å². The SMILES string of the molecule is C=[C-]C=O.[Y]. The minimum Gasteiger partial charge on any atom is -0.438 e. The van der Waals surface area contributed by atoms with Gasteiger partial charge in [0, 0.05) is 32.7 Å². The Morgan fingerprint density at radius 3 is 2.00 bits per heavy atom. The number of carbonyl (C=O) groups excluding carboxylic acids is 1. The molecule has 25 valence electrons. The smallest absolute Gasteiger partial charge is 0 e. The molecule has 0 saturated carbocycles. The summed E-state index contributed by atoms with van der Waals surface area (Å²) in [5.41, 5.74) is 0. The summed E-state index contributed by atoms with van der Waals surface area (Å²) in [4.78, 5) is 9.00. The van der Waals surface area contributed by atoms with E-state index in [1.54, 1.807) is 0 Å². The van der Waals surface area contributed by atoms with Gasteiger partial charge in [-0.1, -0.05) is 0 Å². The number of carbonyl (C=O) groups is 1. The molecule has 0 saturated heterocycles. The zero-order chi connectivity index (χ0) is 3.41. The van der Waals surface area contributed by atoms with Gasteiger partial charge in [0.2, 0.25) is 0 Å². The van der Waals surface area contributed by atoms with Crippen LogP contribution in [-0.2, 0) is 37.5 Å². The Morgan fingerprint density at radius 1 is 1.80 bits per heavy atom. The summed E-state index contributed by atoms with van der Waals surface area (Å²) in [7, 11) is 0. The largest absolute Gasteiger partial charge is 0.438 e. The van der Waals surface area contributed by atoms with Crippen molar-refractivity contribution in [2.45, 2.75) is 0 Å². The van der Waals surface area contributed by atoms with E-state index in [-0.39, 0.29) is 32.7 Å². The van der Waals surface area contributed by atoms with Crippen molar-refractivity contribution in [2.75, 3.05) is 0 Å². The van der Waals surface area contributed by atoms with Gasteiger partial charge in [0.25, 0.3) is 0 Å². The average molecular weight is 144 g/mol. The van der Waals surface area contributed by atoms with Gasteiger partial charge in [0.05, 0.1) is 0 Å². The molecular weight excluding hydrogens is 141 g/mol. The second kappa shape index (κ2) is 8.82. The Labute approximate surface area is 56.3 Å². The molecule has 0 amide bonds. The van der Waals surface area contributed by atoms with Crippen molar-refractivity contribution in [2.24, 2.45) is 0 Å². The molecule has 0 spiro atoms. The van der Waals surface area contributed by atoms with Crippen molar-refractivity contribution in [1.29, 1.82) is 0 Å². The Balaban J connectivity index is 0. The number of aldehydes is 1. The van der Waals surface area contributed by atoms with Crippen LogP contribution in [0.1, 0.15) is 0 Å². The van der Waals surface area contributed by atoms with Crippen molar-refractivity contribution in [3.8, 4) is 0 Å². The zero-order valence-corrected chi connectivity index (χ0v) is 5.61. The molecule has 0 heterocycles. The van der Waals surface area contributed by atoms with Gasteiger partial charge in [-0.25, -0.2) is 0 Å². The molecule has 0 aromatic rings. The fourth-order valence-corrected chi connectivity index (χ4v) is 0. The topological polar surface area (TPSA) is 17.1 Å². The first-order valence-electron chi connectivity index (χ1n) is 0.878. The summed E-state index contributed by atoms with van der Waals surface area (Å²) < 4.78 is 0.